The molecule has 0 bridgehead atoms. The Morgan fingerprint density at radius 3 is 2.53 bits per heavy atom. The molecule has 0 spiro atoms. The summed E-state index contributed by atoms with van der Waals surface area (Å²) in [5, 5.41) is 14.2. The highest BCUT2D eigenvalue weighted by atomic mass is 35.5. The lowest BCUT2D eigenvalue weighted by molar-refractivity contribution is -0.384. The number of benzene rings is 2. The number of nitro groups is 1. The smallest absolute Gasteiger partial charge is 0.269 e. The Kier molecular flexibility index (Phi) is 5.96. The zero-order valence-corrected chi connectivity index (χ0v) is 17.6. The highest BCUT2D eigenvalue weighted by Gasteiger charge is 2.22. The fourth-order valence-electron chi connectivity index (χ4n) is 3.41. The van der Waals surface area contributed by atoms with Gasteiger partial charge in [-0.1, -0.05) is 23.7 Å². The van der Waals surface area contributed by atoms with Crippen LogP contribution in [0.15, 0.2) is 53.9 Å². The molecule has 0 saturated carbocycles. The number of anilines is 1. The first kappa shape index (κ1) is 20.3. The van der Waals surface area contributed by atoms with Gasteiger partial charge in [-0.05, 0) is 24.3 Å². The van der Waals surface area contributed by atoms with Gasteiger partial charge in [0.25, 0.3) is 5.69 Å². The van der Waals surface area contributed by atoms with Crippen molar-refractivity contribution in [2.75, 3.05) is 31.1 Å². The zero-order chi connectivity index (χ0) is 21.1. The van der Waals surface area contributed by atoms with Crippen LogP contribution in [0.1, 0.15) is 5.69 Å². The lowest BCUT2D eigenvalue weighted by Crippen LogP contribution is -2.49. The average Bonchev–Trinajstić information content (AvgIpc) is 3.22. The fourth-order valence-corrected chi connectivity index (χ4v) is 4.42. The molecule has 4 rings (SSSR count). The van der Waals surface area contributed by atoms with Crippen molar-refractivity contribution in [3.05, 3.63) is 74.7 Å². The third-order valence-corrected chi connectivity index (χ3v) is 6.19. The van der Waals surface area contributed by atoms with E-state index in [1.54, 1.807) is 12.1 Å². The van der Waals surface area contributed by atoms with Crippen LogP contribution >= 0.6 is 22.9 Å². The number of hydrogen-bond acceptors (Lipinski definition) is 6. The Balaban J connectivity index is 1.33. The first-order valence-corrected chi connectivity index (χ1v) is 10.7. The van der Waals surface area contributed by atoms with Crippen LogP contribution in [0, 0.1) is 10.1 Å². The quantitative estimate of drug-likeness (QED) is 0.435. The second-order valence-corrected chi connectivity index (χ2v) is 8.27. The minimum absolute atomic E-state index is 0.0568. The van der Waals surface area contributed by atoms with Gasteiger partial charge >= 0.3 is 0 Å². The van der Waals surface area contributed by atoms with E-state index in [-0.39, 0.29) is 18.0 Å². The monoisotopic (exact) mass is 442 g/mol. The van der Waals surface area contributed by atoms with Gasteiger partial charge in [-0.25, -0.2) is 4.98 Å². The largest absolute Gasteiger partial charge is 0.368 e. The van der Waals surface area contributed by atoms with E-state index < -0.39 is 4.92 Å². The number of carbonyl (C=O) groups is 1. The third kappa shape index (κ3) is 4.60. The number of nitro benzene ring substituents is 1. The molecular weight excluding hydrogens is 424 g/mol. The molecular formula is C21H19ClN4O3S. The molecule has 1 fully saturated rings. The van der Waals surface area contributed by atoms with Gasteiger partial charge < -0.3 is 9.80 Å². The molecule has 1 saturated heterocycles. The SMILES string of the molecule is O=C(Cc1csc(-c2cccc(Cl)c2)n1)N1CCN(c2ccc([N+](=O)[O-])cc2)CC1. The van der Waals surface area contributed by atoms with Gasteiger partial charge in [-0.2, -0.15) is 0 Å². The van der Waals surface area contributed by atoms with Crippen LogP contribution in [0.2, 0.25) is 5.02 Å². The predicted octanol–water partition coefficient (Wildman–Crippen LogP) is 4.26. The Bertz CT molecular complexity index is 1060. The van der Waals surface area contributed by atoms with Crippen LogP contribution in [0.4, 0.5) is 11.4 Å². The molecule has 1 aromatic heterocycles. The van der Waals surface area contributed by atoms with E-state index >= 15 is 0 Å². The van der Waals surface area contributed by atoms with Gasteiger partial charge in [0, 0.05) is 60.0 Å². The molecule has 7 nitrogen and oxygen atoms in total. The molecule has 9 heteroatoms. The summed E-state index contributed by atoms with van der Waals surface area (Å²) in [4.78, 5) is 31.7. The van der Waals surface area contributed by atoms with Gasteiger partial charge in [0.2, 0.25) is 5.91 Å². The number of amides is 1. The van der Waals surface area contributed by atoms with Crippen molar-refractivity contribution in [1.82, 2.24) is 9.88 Å². The first-order valence-electron chi connectivity index (χ1n) is 9.47. The topological polar surface area (TPSA) is 79.6 Å². The lowest BCUT2D eigenvalue weighted by atomic mass is 10.2. The van der Waals surface area contributed by atoms with Gasteiger partial charge in [-0.15, -0.1) is 11.3 Å². The van der Waals surface area contributed by atoms with Gasteiger partial charge in [0.05, 0.1) is 17.0 Å². The number of nitrogens with zero attached hydrogens (tertiary/aromatic N) is 4. The summed E-state index contributed by atoms with van der Waals surface area (Å²) in [5.41, 5.74) is 2.71. The number of non-ortho nitro benzene ring substituents is 1. The normalized spacial score (nSPS) is 14.0. The number of hydrogen-bond donors (Lipinski definition) is 0. The zero-order valence-electron chi connectivity index (χ0n) is 16.0. The van der Waals surface area contributed by atoms with Crippen molar-refractivity contribution in [2.45, 2.75) is 6.42 Å². The van der Waals surface area contributed by atoms with Crippen molar-refractivity contribution in [1.29, 1.82) is 0 Å². The summed E-state index contributed by atoms with van der Waals surface area (Å²) in [6, 6.07) is 14.0. The Hall–Kier alpha value is -2.97. The molecule has 0 atom stereocenters. The van der Waals surface area contributed by atoms with Crippen LogP contribution in [0.25, 0.3) is 10.6 Å². The summed E-state index contributed by atoms with van der Waals surface area (Å²) in [6.07, 6.45) is 0.272. The van der Waals surface area contributed by atoms with E-state index in [9.17, 15) is 14.9 Å². The molecule has 1 aliphatic heterocycles. The minimum atomic E-state index is -0.406. The number of halogens is 1. The minimum Gasteiger partial charge on any atom is -0.368 e. The number of rotatable bonds is 5. The van der Waals surface area contributed by atoms with Gasteiger partial charge in [0.15, 0.2) is 0 Å². The van der Waals surface area contributed by atoms with Crippen LogP contribution in [-0.4, -0.2) is 46.9 Å². The summed E-state index contributed by atoms with van der Waals surface area (Å²) in [6.45, 7) is 2.60. The maximum absolute atomic E-state index is 12.7. The van der Waals surface area contributed by atoms with Crippen LogP contribution < -0.4 is 4.90 Å². The van der Waals surface area contributed by atoms with Crippen molar-refractivity contribution < 1.29 is 9.72 Å². The third-order valence-electron chi connectivity index (χ3n) is 5.01. The van der Waals surface area contributed by atoms with Crippen molar-refractivity contribution in [2.24, 2.45) is 0 Å². The van der Waals surface area contributed by atoms with Gasteiger partial charge in [0.1, 0.15) is 5.01 Å². The summed E-state index contributed by atoms with van der Waals surface area (Å²) < 4.78 is 0. The molecule has 3 aromatic rings. The molecule has 0 unspecified atom stereocenters. The molecule has 0 N–H and O–H groups in total. The molecule has 0 aliphatic carbocycles. The van der Waals surface area contributed by atoms with Crippen molar-refractivity contribution in [3.8, 4) is 10.6 Å². The second-order valence-electron chi connectivity index (χ2n) is 6.97. The Morgan fingerprint density at radius 2 is 1.87 bits per heavy atom. The Morgan fingerprint density at radius 1 is 1.13 bits per heavy atom. The summed E-state index contributed by atoms with van der Waals surface area (Å²) in [5.74, 6) is 0.0568. The molecule has 1 aliphatic rings. The number of aromatic nitrogens is 1. The van der Waals surface area contributed by atoms with Crippen molar-refractivity contribution in [3.63, 3.8) is 0 Å². The number of piperazine rings is 1. The van der Waals surface area contributed by atoms with Crippen molar-refractivity contribution >= 4 is 40.2 Å². The standard InChI is InChI=1S/C21H19ClN4O3S/c22-16-3-1-2-15(12-16)21-23-17(14-30-21)13-20(27)25-10-8-24(9-11-25)18-4-6-19(7-5-18)26(28)29/h1-7,12,14H,8-11,13H2. The maximum Gasteiger partial charge on any atom is 0.269 e. The van der Waals surface area contributed by atoms with Gasteiger partial charge in [-0.3, -0.25) is 14.9 Å². The molecule has 30 heavy (non-hydrogen) atoms. The van der Waals surface area contributed by atoms with Crippen LogP contribution in [0.3, 0.4) is 0 Å². The van der Waals surface area contributed by atoms with Crippen LogP contribution in [0.5, 0.6) is 0 Å². The average molecular weight is 443 g/mol. The molecule has 1 amide bonds. The molecule has 154 valence electrons. The van der Waals surface area contributed by atoms with E-state index in [4.69, 9.17) is 11.6 Å². The first-order chi connectivity index (χ1) is 14.5. The highest BCUT2D eigenvalue weighted by Crippen LogP contribution is 2.26. The summed E-state index contributed by atoms with van der Waals surface area (Å²) >= 11 is 7.55. The Labute approximate surface area is 182 Å². The predicted molar refractivity (Wildman–Crippen MR) is 118 cm³/mol. The van der Waals surface area contributed by atoms with E-state index in [1.165, 1.54) is 23.5 Å². The lowest BCUT2D eigenvalue weighted by Gasteiger charge is -2.36. The summed E-state index contributed by atoms with van der Waals surface area (Å²) in [7, 11) is 0. The van der Waals surface area contributed by atoms with E-state index in [2.05, 4.69) is 9.88 Å². The van der Waals surface area contributed by atoms with Crippen LogP contribution in [-0.2, 0) is 11.2 Å². The molecule has 0 radical (unpaired) electrons. The number of thiazole rings is 1. The fraction of sp³-hybridized carbons (Fsp3) is 0.238. The molecule has 2 aromatic carbocycles. The van der Waals surface area contributed by atoms with E-state index in [0.29, 0.717) is 31.2 Å². The molecule has 2 heterocycles. The maximum atomic E-state index is 12.7. The number of carbonyl (C=O) groups excluding carboxylic acids is 1. The van der Waals surface area contributed by atoms with E-state index in [0.717, 1.165) is 22.0 Å². The second kappa shape index (κ2) is 8.81. The highest BCUT2D eigenvalue weighted by molar-refractivity contribution is 7.13. The van der Waals surface area contributed by atoms with E-state index in [1.807, 2.05) is 34.5 Å².